The van der Waals surface area contributed by atoms with E-state index in [2.05, 4.69) is 30.3 Å². The SMILES string of the molecule is COc1cc2c(cc1Cl)C(c1ccc(O)cc1)C1=C2CCc2ccccc21. The van der Waals surface area contributed by atoms with E-state index in [0.717, 1.165) is 18.4 Å². The standard InChI is InChI=1S/C24H19ClO2/c1-27-22-13-19-18-11-8-14-4-2-3-5-17(14)24(18)23(20(19)12-21(22)25)15-6-9-16(26)10-7-15/h2-7,9-10,12-13,23,26H,8,11H2,1H3. The lowest BCUT2D eigenvalue weighted by atomic mass is 9.80. The summed E-state index contributed by atoms with van der Waals surface area (Å²) in [6, 6.07) is 20.3. The normalized spacial score (nSPS) is 17.3. The zero-order chi connectivity index (χ0) is 18.5. The van der Waals surface area contributed by atoms with Gasteiger partial charge in [0.05, 0.1) is 12.1 Å². The number of benzene rings is 3. The van der Waals surface area contributed by atoms with E-state index in [0.29, 0.717) is 10.8 Å². The summed E-state index contributed by atoms with van der Waals surface area (Å²) in [6.45, 7) is 0. The fraction of sp³-hybridized carbons (Fsp3) is 0.167. The molecule has 3 aromatic carbocycles. The van der Waals surface area contributed by atoms with Crippen LogP contribution in [0, 0.1) is 0 Å². The lowest BCUT2D eigenvalue weighted by Crippen LogP contribution is -2.06. The number of aromatic hydroxyl groups is 1. The van der Waals surface area contributed by atoms with Gasteiger partial charge in [-0.3, -0.25) is 0 Å². The molecule has 0 fully saturated rings. The molecule has 1 atom stereocenters. The second-order valence-electron chi connectivity index (χ2n) is 7.15. The smallest absolute Gasteiger partial charge is 0.138 e. The van der Waals surface area contributed by atoms with Crippen LogP contribution < -0.4 is 4.74 Å². The zero-order valence-electron chi connectivity index (χ0n) is 15.0. The first-order chi connectivity index (χ1) is 13.2. The number of halogens is 1. The maximum absolute atomic E-state index is 9.75. The zero-order valence-corrected chi connectivity index (χ0v) is 15.8. The van der Waals surface area contributed by atoms with E-state index < -0.39 is 0 Å². The number of allylic oxidation sites excluding steroid dienone is 2. The summed E-state index contributed by atoms with van der Waals surface area (Å²) in [5.41, 5.74) is 9.08. The second kappa shape index (κ2) is 6.17. The summed E-state index contributed by atoms with van der Waals surface area (Å²) in [7, 11) is 1.66. The van der Waals surface area contributed by atoms with Crippen molar-refractivity contribution < 1.29 is 9.84 Å². The molecule has 0 amide bonds. The van der Waals surface area contributed by atoms with Crippen molar-refractivity contribution in [1.29, 1.82) is 0 Å². The summed E-state index contributed by atoms with van der Waals surface area (Å²) in [5.74, 6) is 1.11. The molecule has 0 radical (unpaired) electrons. The summed E-state index contributed by atoms with van der Waals surface area (Å²) in [6.07, 6.45) is 2.06. The van der Waals surface area contributed by atoms with E-state index in [9.17, 15) is 5.11 Å². The highest BCUT2D eigenvalue weighted by molar-refractivity contribution is 6.32. The minimum Gasteiger partial charge on any atom is -0.508 e. The Hall–Kier alpha value is -2.71. The molecule has 3 heteroatoms. The molecule has 0 aromatic heterocycles. The van der Waals surface area contributed by atoms with Crippen molar-refractivity contribution in [1.82, 2.24) is 0 Å². The summed E-state index contributed by atoms with van der Waals surface area (Å²) < 4.78 is 5.49. The monoisotopic (exact) mass is 374 g/mol. The first kappa shape index (κ1) is 16.5. The molecule has 1 N–H and O–H groups in total. The summed E-state index contributed by atoms with van der Waals surface area (Å²) >= 11 is 6.50. The Morgan fingerprint density at radius 2 is 1.74 bits per heavy atom. The molecule has 2 nitrogen and oxygen atoms in total. The van der Waals surface area contributed by atoms with Gasteiger partial charge in [-0.05, 0) is 76.1 Å². The molecule has 0 heterocycles. The molecule has 1 unspecified atom stereocenters. The number of hydrogen-bond donors (Lipinski definition) is 1. The molecule has 0 saturated heterocycles. The van der Waals surface area contributed by atoms with Crippen LogP contribution in [-0.2, 0) is 6.42 Å². The van der Waals surface area contributed by atoms with Crippen LogP contribution in [-0.4, -0.2) is 12.2 Å². The van der Waals surface area contributed by atoms with Gasteiger partial charge in [0, 0.05) is 5.92 Å². The molecule has 27 heavy (non-hydrogen) atoms. The van der Waals surface area contributed by atoms with Gasteiger partial charge in [0.1, 0.15) is 11.5 Å². The quantitative estimate of drug-likeness (QED) is 0.591. The lowest BCUT2D eigenvalue weighted by Gasteiger charge is -2.24. The maximum atomic E-state index is 9.75. The highest BCUT2D eigenvalue weighted by atomic mass is 35.5. The highest BCUT2D eigenvalue weighted by Gasteiger charge is 2.36. The topological polar surface area (TPSA) is 29.5 Å². The highest BCUT2D eigenvalue weighted by Crippen LogP contribution is 2.55. The Kier molecular flexibility index (Phi) is 3.76. The molecule has 0 bridgehead atoms. The van der Waals surface area contributed by atoms with Gasteiger partial charge in [0.25, 0.3) is 0 Å². The molecule has 5 rings (SSSR count). The minimum absolute atomic E-state index is 0.112. The van der Waals surface area contributed by atoms with Crippen LogP contribution in [0.2, 0.25) is 5.02 Å². The molecule has 0 saturated carbocycles. The van der Waals surface area contributed by atoms with Crippen molar-refractivity contribution in [2.45, 2.75) is 18.8 Å². The Labute approximate surface area is 163 Å². The number of fused-ring (bicyclic) bond motifs is 4. The number of phenols is 1. The molecule has 2 aliphatic carbocycles. The fourth-order valence-corrected chi connectivity index (χ4v) is 4.81. The molecule has 0 spiro atoms. The van der Waals surface area contributed by atoms with Gasteiger partial charge in [0.15, 0.2) is 0 Å². The average molecular weight is 375 g/mol. The Balaban J connectivity index is 1.80. The number of rotatable bonds is 2. The third-order valence-electron chi connectivity index (χ3n) is 5.75. The minimum atomic E-state index is 0.112. The average Bonchev–Trinajstić information content (AvgIpc) is 3.01. The van der Waals surface area contributed by atoms with Gasteiger partial charge in [-0.15, -0.1) is 0 Å². The van der Waals surface area contributed by atoms with Gasteiger partial charge in [-0.1, -0.05) is 48.0 Å². The number of ether oxygens (including phenoxy) is 1. The number of phenolic OH excluding ortho intramolecular Hbond substituents is 1. The fourth-order valence-electron chi connectivity index (χ4n) is 4.56. The maximum Gasteiger partial charge on any atom is 0.138 e. The van der Waals surface area contributed by atoms with Crippen molar-refractivity contribution in [3.05, 3.63) is 93.5 Å². The van der Waals surface area contributed by atoms with Crippen LogP contribution in [0.5, 0.6) is 11.5 Å². The third-order valence-corrected chi connectivity index (χ3v) is 6.05. The van der Waals surface area contributed by atoms with E-state index in [1.54, 1.807) is 19.2 Å². The van der Waals surface area contributed by atoms with Crippen LogP contribution >= 0.6 is 11.6 Å². The van der Waals surface area contributed by atoms with E-state index in [1.165, 1.54) is 33.4 Å². The van der Waals surface area contributed by atoms with Gasteiger partial charge in [0.2, 0.25) is 0 Å². The van der Waals surface area contributed by atoms with Crippen LogP contribution in [0.4, 0.5) is 0 Å². The Morgan fingerprint density at radius 1 is 0.963 bits per heavy atom. The third kappa shape index (κ3) is 2.48. The van der Waals surface area contributed by atoms with Crippen molar-refractivity contribution in [2.24, 2.45) is 0 Å². The number of hydrogen-bond acceptors (Lipinski definition) is 2. The van der Waals surface area contributed by atoms with E-state index in [4.69, 9.17) is 16.3 Å². The summed E-state index contributed by atoms with van der Waals surface area (Å²) in [4.78, 5) is 0. The molecular formula is C24H19ClO2. The van der Waals surface area contributed by atoms with Gasteiger partial charge in [-0.25, -0.2) is 0 Å². The first-order valence-electron chi connectivity index (χ1n) is 9.15. The molecule has 0 aliphatic heterocycles. The summed E-state index contributed by atoms with van der Waals surface area (Å²) in [5, 5.41) is 10.4. The van der Waals surface area contributed by atoms with Crippen LogP contribution in [0.3, 0.4) is 0 Å². The molecule has 134 valence electrons. The largest absolute Gasteiger partial charge is 0.508 e. The Morgan fingerprint density at radius 3 is 2.52 bits per heavy atom. The van der Waals surface area contributed by atoms with Crippen LogP contribution in [0.15, 0.2) is 60.7 Å². The van der Waals surface area contributed by atoms with E-state index >= 15 is 0 Å². The number of aryl methyl sites for hydroxylation is 1. The van der Waals surface area contributed by atoms with Crippen LogP contribution in [0.25, 0.3) is 11.1 Å². The van der Waals surface area contributed by atoms with E-state index in [1.807, 2.05) is 18.2 Å². The van der Waals surface area contributed by atoms with Crippen molar-refractivity contribution in [3.8, 4) is 11.5 Å². The molecule has 3 aromatic rings. The predicted octanol–water partition coefficient (Wildman–Crippen LogP) is 6.06. The predicted molar refractivity (Wildman–Crippen MR) is 110 cm³/mol. The number of methoxy groups -OCH3 is 1. The lowest BCUT2D eigenvalue weighted by molar-refractivity contribution is 0.415. The van der Waals surface area contributed by atoms with Gasteiger partial charge >= 0.3 is 0 Å². The van der Waals surface area contributed by atoms with Crippen molar-refractivity contribution in [3.63, 3.8) is 0 Å². The second-order valence-corrected chi connectivity index (χ2v) is 7.56. The van der Waals surface area contributed by atoms with E-state index in [-0.39, 0.29) is 11.7 Å². The first-order valence-corrected chi connectivity index (χ1v) is 9.53. The van der Waals surface area contributed by atoms with Gasteiger partial charge < -0.3 is 9.84 Å². The molecular weight excluding hydrogens is 356 g/mol. The van der Waals surface area contributed by atoms with Crippen molar-refractivity contribution in [2.75, 3.05) is 7.11 Å². The van der Waals surface area contributed by atoms with Gasteiger partial charge in [-0.2, -0.15) is 0 Å². The van der Waals surface area contributed by atoms with Crippen LogP contribution in [0.1, 0.15) is 40.2 Å². The molecule has 2 aliphatic rings. The van der Waals surface area contributed by atoms with Crippen molar-refractivity contribution >= 4 is 22.7 Å². The Bertz CT molecular complexity index is 1080.